The van der Waals surface area contributed by atoms with E-state index >= 15 is 0 Å². The number of hydrogen-bond donors (Lipinski definition) is 1. The molecule has 0 saturated carbocycles. The van der Waals surface area contributed by atoms with Gasteiger partial charge in [-0.05, 0) is 30.3 Å². The third-order valence-corrected chi connectivity index (χ3v) is 5.19. The number of fused-ring (bicyclic) bond motifs is 1. The van der Waals surface area contributed by atoms with Crippen LogP contribution in [0.15, 0.2) is 70.7 Å². The van der Waals surface area contributed by atoms with Crippen LogP contribution in [0.1, 0.15) is 5.56 Å². The van der Waals surface area contributed by atoms with Gasteiger partial charge in [0.2, 0.25) is 0 Å². The molecule has 136 valence electrons. The van der Waals surface area contributed by atoms with Crippen molar-refractivity contribution in [2.75, 3.05) is 0 Å². The molecule has 0 aliphatic rings. The van der Waals surface area contributed by atoms with E-state index in [1.807, 2.05) is 12.1 Å². The quantitative estimate of drug-likeness (QED) is 0.426. The zero-order valence-electron chi connectivity index (χ0n) is 13.6. The molecule has 27 heavy (non-hydrogen) atoms. The molecule has 0 radical (unpaired) electrons. The van der Waals surface area contributed by atoms with Crippen molar-refractivity contribution in [1.82, 2.24) is 15.0 Å². The number of alkyl halides is 3. The summed E-state index contributed by atoms with van der Waals surface area (Å²) >= 11 is 7.34. The smallest absolute Gasteiger partial charge is 0.357 e. The molecule has 0 bridgehead atoms. The van der Waals surface area contributed by atoms with Gasteiger partial charge < -0.3 is 4.98 Å². The molecule has 0 fully saturated rings. The molecule has 4 aromatic rings. The van der Waals surface area contributed by atoms with E-state index in [-0.39, 0.29) is 11.4 Å². The number of aromatic amines is 1. The summed E-state index contributed by atoms with van der Waals surface area (Å²) < 4.78 is 39.9. The number of benzene rings is 2. The van der Waals surface area contributed by atoms with E-state index in [0.29, 0.717) is 16.1 Å². The van der Waals surface area contributed by atoms with Gasteiger partial charge in [0.15, 0.2) is 5.82 Å². The minimum Gasteiger partial charge on any atom is -0.357 e. The molecule has 8 heteroatoms. The Labute approximate surface area is 161 Å². The number of H-pyrrole nitrogens is 1. The van der Waals surface area contributed by atoms with Crippen LogP contribution in [-0.2, 0) is 6.18 Å². The summed E-state index contributed by atoms with van der Waals surface area (Å²) in [5, 5.41) is 0.631. The Balaban J connectivity index is 1.78. The molecule has 2 aromatic heterocycles. The molecule has 0 aliphatic heterocycles. The van der Waals surface area contributed by atoms with E-state index in [9.17, 15) is 13.2 Å². The van der Waals surface area contributed by atoms with Crippen molar-refractivity contribution in [3.63, 3.8) is 0 Å². The molecule has 4 rings (SSSR count). The average Bonchev–Trinajstić information content (AvgIpc) is 3.05. The number of hydrogen-bond acceptors (Lipinski definition) is 3. The fourth-order valence-corrected chi connectivity index (χ4v) is 3.67. The van der Waals surface area contributed by atoms with Crippen LogP contribution in [0, 0.1) is 0 Å². The predicted molar refractivity (Wildman–Crippen MR) is 99.9 cm³/mol. The van der Waals surface area contributed by atoms with Crippen molar-refractivity contribution in [3.8, 4) is 11.4 Å². The SMILES string of the molecule is FC(F)(F)c1ccccc1-c1ncc2[nH]cc(Sc3ccc(Cl)cc3)c2n1. The van der Waals surface area contributed by atoms with Gasteiger partial charge in [-0.2, -0.15) is 13.2 Å². The molecule has 3 nitrogen and oxygen atoms in total. The molecule has 0 spiro atoms. The minimum absolute atomic E-state index is 0.0352. The maximum absolute atomic E-state index is 13.3. The molecule has 0 aliphatic carbocycles. The number of nitrogens with one attached hydrogen (secondary N) is 1. The topological polar surface area (TPSA) is 41.6 Å². The van der Waals surface area contributed by atoms with Gasteiger partial charge in [-0.3, -0.25) is 0 Å². The Morgan fingerprint density at radius 1 is 1.00 bits per heavy atom. The van der Waals surface area contributed by atoms with E-state index in [1.165, 1.54) is 30.1 Å². The van der Waals surface area contributed by atoms with Crippen molar-refractivity contribution in [2.45, 2.75) is 16.0 Å². The van der Waals surface area contributed by atoms with Crippen LogP contribution >= 0.6 is 23.4 Å². The normalized spacial score (nSPS) is 11.9. The Bertz CT molecular complexity index is 1110. The van der Waals surface area contributed by atoms with Gasteiger partial charge in [-0.25, -0.2) is 9.97 Å². The van der Waals surface area contributed by atoms with E-state index in [2.05, 4.69) is 15.0 Å². The van der Waals surface area contributed by atoms with Crippen LogP contribution in [0.3, 0.4) is 0 Å². The highest BCUT2D eigenvalue weighted by Gasteiger charge is 2.34. The number of halogens is 4. The first kappa shape index (κ1) is 17.9. The van der Waals surface area contributed by atoms with E-state index < -0.39 is 11.7 Å². The lowest BCUT2D eigenvalue weighted by molar-refractivity contribution is -0.137. The number of aromatic nitrogens is 3. The van der Waals surface area contributed by atoms with Crippen LogP contribution in [0.2, 0.25) is 5.02 Å². The van der Waals surface area contributed by atoms with Crippen molar-refractivity contribution in [3.05, 3.63) is 71.5 Å². The molecular weight excluding hydrogens is 395 g/mol. The zero-order chi connectivity index (χ0) is 19.0. The van der Waals surface area contributed by atoms with E-state index in [1.54, 1.807) is 24.4 Å². The van der Waals surface area contributed by atoms with Crippen molar-refractivity contribution < 1.29 is 13.2 Å². The second-order valence-corrected chi connectivity index (χ2v) is 7.26. The number of rotatable bonds is 3. The lowest BCUT2D eigenvalue weighted by Gasteiger charge is -2.11. The molecular formula is C19H11ClF3N3S. The summed E-state index contributed by atoms with van der Waals surface area (Å²) in [6.45, 7) is 0. The Morgan fingerprint density at radius 3 is 2.48 bits per heavy atom. The van der Waals surface area contributed by atoms with E-state index in [4.69, 9.17) is 11.6 Å². The Morgan fingerprint density at radius 2 is 1.74 bits per heavy atom. The summed E-state index contributed by atoms with van der Waals surface area (Å²) in [6.07, 6.45) is -1.22. The van der Waals surface area contributed by atoms with Crippen molar-refractivity contribution >= 4 is 34.4 Å². The highest BCUT2D eigenvalue weighted by atomic mass is 35.5. The van der Waals surface area contributed by atoms with Crippen LogP contribution in [0.25, 0.3) is 22.4 Å². The Kier molecular flexibility index (Phi) is 4.57. The van der Waals surface area contributed by atoms with Crippen molar-refractivity contribution in [2.24, 2.45) is 0 Å². The van der Waals surface area contributed by atoms with Gasteiger partial charge in [0.05, 0.1) is 22.2 Å². The maximum Gasteiger partial charge on any atom is 0.417 e. The first-order valence-electron chi connectivity index (χ1n) is 7.86. The monoisotopic (exact) mass is 405 g/mol. The fraction of sp³-hybridized carbons (Fsp3) is 0.0526. The van der Waals surface area contributed by atoms with Crippen LogP contribution in [0.4, 0.5) is 13.2 Å². The largest absolute Gasteiger partial charge is 0.417 e. The summed E-state index contributed by atoms with van der Waals surface area (Å²) in [6, 6.07) is 12.6. The second kappa shape index (κ2) is 6.90. The first-order valence-corrected chi connectivity index (χ1v) is 9.05. The third-order valence-electron chi connectivity index (χ3n) is 3.90. The average molecular weight is 406 g/mol. The Hall–Kier alpha value is -2.51. The number of nitrogens with zero attached hydrogens (tertiary/aromatic N) is 2. The lowest BCUT2D eigenvalue weighted by Crippen LogP contribution is -2.08. The van der Waals surface area contributed by atoms with Gasteiger partial charge in [-0.15, -0.1) is 0 Å². The highest BCUT2D eigenvalue weighted by molar-refractivity contribution is 7.99. The van der Waals surface area contributed by atoms with Crippen LogP contribution in [0.5, 0.6) is 0 Å². The van der Waals surface area contributed by atoms with Crippen molar-refractivity contribution in [1.29, 1.82) is 0 Å². The van der Waals surface area contributed by atoms with Gasteiger partial charge in [0.1, 0.15) is 5.52 Å². The van der Waals surface area contributed by atoms with Gasteiger partial charge in [-0.1, -0.05) is 41.6 Å². The molecule has 1 N–H and O–H groups in total. The second-order valence-electron chi connectivity index (χ2n) is 5.71. The molecule has 2 heterocycles. The predicted octanol–water partition coefficient (Wildman–Crippen LogP) is 6.45. The minimum atomic E-state index is -4.48. The van der Waals surface area contributed by atoms with Crippen LogP contribution < -0.4 is 0 Å². The molecule has 0 saturated heterocycles. The van der Waals surface area contributed by atoms with Gasteiger partial charge in [0.25, 0.3) is 0 Å². The van der Waals surface area contributed by atoms with Crippen LogP contribution in [-0.4, -0.2) is 15.0 Å². The van der Waals surface area contributed by atoms with Gasteiger partial charge >= 0.3 is 6.18 Å². The summed E-state index contributed by atoms with van der Waals surface area (Å²) in [5.74, 6) is 0.0352. The molecule has 0 atom stereocenters. The first-order chi connectivity index (χ1) is 12.9. The summed E-state index contributed by atoms with van der Waals surface area (Å²) in [5.41, 5.74) is 0.416. The molecule has 2 aromatic carbocycles. The molecule has 0 amide bonds. The maximum atomic E-state index is 13.3. The zero-order valence-corrected chi connectivity index (χ0v) is 15.2. The molecule has 0 unspecified atom stereocenters. The van der Waals surface area contributed by atoms with E-state index in [0.717, 1.165) is 15.9 Å². The summed E-state index contributed by atoms with van der Waals surface area (Å²) in [7, 11) is 0. The lowest BCUT2D eigenvalue weighted by atomic mass is 10.1. The summed E-state index contributed by atoms with van der Waals surface area (Å²) in [4.78, 5) is 13.3. The third kappa shape index (κ3) is 3.65. The standard InChI is InChI=1S/C19H11ClF3N3S/c20-11-5-7-12(8-6-11)27-16-10-24-15-9-25-18(26-17(15)16)13-3-1-2-4-14(13)19(21,22)23/h1-10,24H. The highest BCUT2D eigenvalue weighted by Crippen LogP contribution is 2.37. The fourth-order valence-electron chi connectivity index (χ4n) is 2.65. The van der Waals surface area contributed by atoms with Gasteiger partial charge in [0, 0.05) is 21.7 Å².